The third kappa shape index (κ3) is 2.49. The summed E-state index contributed by atoms with van der Waals surface area (Å²) in [4.78, 5) is 4.05. The minimum Gasteiger partial charge on any atom is -0.364 e. The molecule has 2 rings (SSSR count). The normalized spacial score (nSPS) is 9.75. The van der Waals surface area contributed by atoms with E-state index < -0.39 is 0 Å². The van der Waals surface area contributed by atoms with Crippen LogP contribution in [0.1, 0.15) is 11.3 Å². The van der Waals surface area contributed by atoms with E-state index in [2.05, 4.69) is 20.5 Å². The lowest BCUT2D eigenvalue weighted by Crippen LogP contribution is -2.02. The first-order valence-electron chi connectivity index (χ1n) is 4.58. The Morgan fingerprint density at radius 3 is 3.06 bits per heavy atom. The molecule has 2 N–H and O–H groups in total. The molecule has 0 saturated heterocycles. The van der Waals surface area contributed by atoms with Crippen molar-refractivity contribution in [3.05, 3.63) is 40.8 Å². The summed E-state index contributed by atoms with van der Waals surface area (Å²) in [6.45, 7) is 0.554. The summed E-state index contributed by atoms with van der Waals surface area (Å²) >= 11 is 5.77. The average Bonchev–Trinajstić information content (AvgIpc) is 2.78. The second-order valence-electron chi connectivity index (χ2n) is 3.11. The van der Waals surface area contributed by atoms with E-state index in [1.807, 2.05) is 12.1 Å². The van der Waals surface area contributed by atoms with E-state index in [4.69, 9.17) is 16.9 Å². The maximum atomic E-state index is 8.76. The summed E-state index contributed by atoms with van der Waals surface area (Å²) in [6, 6.07) is 7.02. The molecular weight excluding hydrogens is 226 g/mol. The number of H-pyrrole nitrogens is 1. The van der Waals surface area contributed by atoms with Crippen molar-refractivity contribution in [1.29, 1.82) is 5.26 Å². The molecule has 0 radical (unpaired) electrons. The van der Waals surface area contributed by atoms with Gasteiger partial charge in [0, 0.05) is 6.20 Å². The largest absolute Gasteiger partial charge is 0.364 e. The number of nitrogens with one attached hydrogen (secondary N) is 2. The molecule has 0 bridgehead atoms. The van der Waals surface area contributed by atoms with Crippen LogP contribution >= 0.6 is 11.6 Å². The topological polar surface area (TPSA) is 77.4 Å². The van der Waals surface area contributed by atoms with Crippen LogP contribution in [-0.4, -0.2) is 15.2 Å². The number of hydrogen-bond acceptors (Lipinski definition) is 4. The molecule has 0 aliphatic heterocycles. The molecule has 2 aromatic heterocycles. The maximum absolute atomic E-state index is 8.76. The average molecular weight is 234 g/mol. The molecule has 0 spiro atoms. The smallest absolute Gasteiger partial charge is 0.132 e. The molecule has 0 aliphatic carbocycles. The number of aromatic nitrogens is 3. The number of rotatable bonds is 3. The summed E-state index contributed by atoms with van der Waals surface area (Å²) in [5.74, 6) is 0.568. The molecule has 0 atom stereocenters. The zero-order valence-electron chi connectivity index (χ0n) is 8.24. The highest BCUT2D eigenvalue weighted by Crippen LogP contribution is 2.14. The van der Waals surface area contributed by atoms with Crippen LogP contribution < -0.4 is 5.32 Å². The van der Waals surface area contributed by atoms with Gasteiger partial charge < -0.3 is 5.32 Å². The Balaban J connectivity index is 2.10. The summed E-state index contributed by atoms with van der Waals surface area (Å²) in [5.41, 5.74) is 1.41. The predicted octanol–water partition coefficient (Wildman–Crippen LogP) is 1.94. The van der Waals surface area contributed by atoms with Crippen LogP contribution in [0.15, 0.2) is 24.4 Å². The van der Waals surface area contributed by atoms with Crippen molar-refractivity contribution >= 4 is 17.4 Å². The summed E-state index contributed by atoms with van der Waals surface area (Å²) in [6.07, 6.45) is 1.67. The first-order chi connectivity index (χ1) is 7.78. The fourth-order valence-electron chi connectivity index (χ4n) is 1.22. The first-order valence-corrected chi connectivity index (χ1v) is 4.95. The van der Waals surface area contributed by atoms with Crippen molar-refractivity contribution in [3.63, 3.8) is 0 Å². The van der Waals surface area contributed by atoms with Gasteiger partial charge in [0.25, 0.3) is 0 Å². The van der Waals surface area contributed by atoms with E-state index >= 15 is 0 Å². The lowest BCUT2D eigenvalue weighted by atomic mass is 10.3. The number of nitrogens with zero attached hydrogens (tertiary/aromatic N) is 3. The van der Waals surface area contributed by atoms with E-state index in [9.17, 15) is 0 Å². The van der Waals surface area contributed by atoms with Gasteiger partial charge in [-0.1, -0.05) is 11.6 Å². The number of pyridine rings is 1. The molecular formula is C10H8ClN5. The first kappa shape index (κ1) is 10.5. The van der Waals surface area contributed by atoms with Crippen LogP contribution in [0.5, 0.6) is 0 Å². The lowest BCUT2D eigenvalue weighted by molar-refractivity contribution is 0.974. The number of halogens is 1. The van der Waals surface area contributed by atoms with E-state index in [0.717, 1.165) is 5.69 Å². The second-order valence-corrected chi connectivity index (χ2v) is 3.50. The van der Waals surface area contributed by atoms with Crippen LogP contribution in [0.25, 0.3) is 0 Å². The number of nitriles is 1. The third-order valence-corrected chi connectivity index (χ3v) is 2.14. The van der Waals surface area contributed by atoms with Gasteiger partial charge in [-0.05, 0) is 18.2 Å². The van der Waals surface area contributed by atoms with Crippen LogP contribution in [0.2, 0.25) is 5.15 Å². The Morgan fingerprint density at radius 1 is 1.50 bits per heavy atom. The highest BCUT2D eigenvalue weighted by atomic mass is 35.5. The minimum absolute atomic E-state index is 0.297. The van der Waals surface area contributed by atoms with Gasteiger partial charge in [-0.15, -0.1) is 0 Å². The molecule has 5 nitrogen and oxygen atoms in total. The Kier molecular flexibility index (Phi) is 3.03. The standard InChI is InChI=1S/C10H8ClN5/c11-9-3-7(5-12)4-10(15-9)13-6-8-1-2-14-16-8/h1-4H,6H2,(H,13,15)(H,14,16). The van der Waals surface area contributed by atoms with E-state index in [0.29, 0.717) is 23.1 Å². The van der Waals surface area contributed by atoms with Crippen LogP contribution in [0.4, 0.5) is 5.82 Å². The summed E-state index contributed by atoms with van der Waals surface area (Å²) in [5, 5.41) is 18.7. The predicted molar refractivity (Wildman–Crippen MR) is 59.9 cm³/mol. The van der Waals surface area contributed by atoms with Gasteiger partial charge >= 0.3 is 0 Å². The Labute approximate surface area is 97.1 Å². The molecule has 2 heterocycles. The maximum Gasteiger partial charge on any atom is 0.132 e. The summed E-state index contributed by atoms with van der Waals surface area (Å²) in [7, 11) is 0. The SMILES string of the molecule is N#Cc1cc(Cl)nc(NCc2ccn[nH]2)c1. The van der Waals surface area contributed by atoms with Gasteiger partial charge in [0.1, 0.15) is 11.0 Å². The minimum atomic E-state index is 0.297. The number of hydrogen-bond donors (Lipinski definition) is 2. The van der Waals surface area contributed by atoms with Crippen molar-refractivity contribution in [3.8, 4) is 6.07 Å². The van der Waals surface area contributed by atoms with E-state index in [-0.39, 0.29) is 0 Å². The zero-order valence-corrected chi connectivity index (χ0v) is 8.99. The van der Waals surface area contributed by atoms with Crippen LogP contribution in [0.3, 0.4) is 0 Å². The van der Waals surface area contributed by atoms with Crippen molar-refractivity contribution in [2.45, 2.75) is 6.54 Å². The Bertz CT molecular complexity index is 515. The monoisotopic (exact) mass is 233 g/mol. The zero-order chi connectivity index (χ0) is 11.4. The Morgan fingerprint density at radius 2 is 2.38 bits per heavy atom. The van der Waals surface area contributed by atoms with Crippen molar-refractivity contribution in [2.75, 3.05) is 5.32 Å². The van der Waals surface area contributed by atoms with Crippen molar-refractivity contribution in [1.82, 2.24) is 15.2 Å². The molecule has 0 amide bonds. The molecule has 6 heteroatoms. The van der Waals surface area contributed by atoms with Gasteiger partial charge in [-0.3, -0.25) is 5.10 Å². The van der Waals surface area contributed by atoms with Gasteiger partial charge in [-0.25, -0.2) is 4.98 Å². The number of anilines is 1. The molecule has 0 aromatic carbocycles. The molecule has 0 saturated carbocycles. The van der Waals surface area contributed by atoms with Crippen molar-refractivity contribution in [2.24, 2.45) is 0 Å². The molecule has 0 fully saturated rings. The second kappa shape index (κ2) is 4.64. The molecule has 0 aliphatic rings. The number of aromatic amines is 1. The fraction of sp³-hybridized carbons (Fsp3) is 0.100. The van der Waals surface area contributed by atoms with Gasteiger partial charge in [0.15, 0.2) is 0 Å². The molecule has 80 valence electrons. The van der Waals surface area contributed by atoms with Crippen LogP contribution in [0, 0.1) is 11.3 Å². The third-order valence-electron chi connectivity index (χ3n) is 1.94. The van der Waals surface area contributed by atoms with E-state index in [1.54, 1.807) is 12.3 Å². The molecule has 0 unspecified atom stereocenters. The van der Waals surface area contributed by atoms with Crippen molar-refractivity contribution < 1.29 is 0 Å². The lowest BCUT2D eigenvalue weighted by Gasteiger charge is -2.04. The van der Waals surface area contributed by atoms with Gasteiger partial charge in [0.05, 0.1) is 23.9 Å². The van der Waals surface area contributed by atoms with Crippen LogP contribution in [-0.2, 0) is 6.54 Å². The molecule has 16 heavy (non-hydrogen) atoms. The highest BCUT2D eigenvalue weighted by Gasteiger charge is 2.01. The van der Waals surface area contributed by atoms with Gasteiger partial charge in [-0.2, -0.15) is 10.4 Å². The highest BCUT2D eigenvalue weighted by molar-refractivity contribution is 6.29. The fourth-order valence-corrected chi connectivity index (χ4v) is 1.43. The Hall–Kier alpha value is -2.06. The van der Waals surface area contributed by atoms with Gasteiger partial charge in [0.2, 0.25) is 0 Å². The van der Waals surface area contributed by atoms with E-state index in [1.165, 1.54) is 6.07 Å². The molecule has 2 aromatic rings. The quantitative estimate of drug-likeness (QED) is 0.795. The summed E-state index contributed by atoms with van der Waals surface area (Å²) < 4.78 is 0.